The van der Waals surface area contributed by atoms with Crippen LogP contribution in [0.5, 0.6) is 0 Å². The Morgan fingerprint density at radius 2 is 2.21 bits per heavy atom. The monoisotopic (exact) mass is 274 g/mol. The largest absolute Gasteiger partial charge is 0.299 e. The Hall–Kier alpha value is -0.340. The highest BCUT2D eigenvalue weighted by Crippen LogP contribution is 2.21. The number of rotatable bonds is 3. The summed E-state index contributed by atoms with van der Waals surface area (Å²) in [6.45, 7) is 3.55. The molecule has 0 saturated heterocycles. The summed E-state index contributed by atoms with van der Waals surface area (Å²) in [6.07, 6.45) is 0.696. The lowest BCUT2D eigenvalue weighted by Gasteiger charge is -2.09. The minimum Gasteiger partial charge on any atom is -0.299 e. The van der Waals surface area contributed by atoms with Crippen LogP contribution >= 0.6 is 27.5 Å². The van der Waals surface area contributed by atoms with Gasteiger partial charge in [0.2, 0.25) is 0 Å². The molecule has 1 aromatic rings. The molecule has 0 N–H and O–H groups in total. The van der Waals surface area contributed by atoms with Gasteiger partial charge in [0.05, 0.1) is 4.83 Å². The third kappa shape index (κ3) is 2.82. The van der Waals surface area contributed by atoms with E-state index in [-0.39, 0.29) is 10.6 Å². The molecule has 1 aromatic carbocycles. The van der Waals surface area contributed by atoms with Gasteiger partial charge in [-0.1, -0.05) is 39.7 Å². The van der Waals surface area contributed by atoms with E-state index in [4.69, 9.17) is 11.6 Å². The summed E-state index contributed by atoms with van der Waals surface area (Å²) in [6, 6.07) is 5.76. The van der Waals surface area contributed by atoms with Crippen LogP contribution in [0.25, 0.3) is 0 Å². The van der Waals surface area contributed by atoms with Gasteiger partial charge in [0, 0.05) is 5.02 Å². The number of Topliss-reactive ketones (excluding diaryl/α,β-unsaturated/α-hetero) is 1. The summed E-state index contributed by atoms with van der Waals surface area (Å²) in [5, 5.41) is 0.755. The molecule has 0 spiro atoms. The summed E-state index contributed by atoms with van der Waals surface area (Å²) < 4.78 is 0. The van der Waals surface area contributed by atoms with Crippen molar-refractivity contribution in [3.63, 3.8) is 0 Å². The standard InChI is InChI=1S/C11H12BrClO/c1-7-9(4-3-5-11(7)13)6-10(12)8(2)14/h3-5,10H,6H2,1-2H3. The maximum atomic E-state index is 11.1. The number of carbonyl (C=O) groups excluding carboxylic acids is 1. The topological polar surface area (TPSA) is 17.1 Å². The second kappa shape index (κ2) is 4.94. The Balaban J connectivity index is 2.87. The molecule has 76 valence electrons. The van der Waals surface area contributed by atoms with Crippen molar-refractivity contribution >= 4 is 33.3 Å². The first kappa shape index (κ1) is 11.7. The van der Waals surface area contributed by atoms with Crippen molar-refractivity contribution in [2.75, 3.05) is 0 Å². The van der Waals surface area contributed by atoms with Crippen LogP contribution in [0.1, 0.15) is 18.1 Å². The van der Waals surface area contributed by atoms with Gasteiger partial charge in [-0.05, 0) is 37.5 Å². The average Bonchev–Trinajstić information content (AvgIpc) is 2.12. The van der Waals surface area contributed by atoms with Crippen molar-refractivity contribution in [1.29, 1.82) is 0 Å². The third-order valence-electron chi connectivity index (χ3n) is 2.22. The Morgan fingerprint density at radius 1 is 1.57 bits per heavy atom. The van der Waals surface area contributed by atoms with Crippen molar-refractivity contribution in [1.82, 2.24) is 0 Å². The van der Waals surface area contributed by atoms with Crippen LogP contribution in [-0.4, -0.2) is 10.6 Å². The van der Waals surface area contributed by atoms with Gasteiger partial charge in [0.25, 0.3) is 0 Å². The van der Waals surface area contributed by atoms with Crippen LogP contribution in [0.2, 0.25) is 5.02 Å². The van der Waals surface area contributed by atoms with E-state index in [2.05, 4.69) is 15.9 Å². The fourth-order valence-corrected chi connectivity index (χ4v) is 1.75. The first-order valence-electron chi connectivity index (χ1n) is 4.41. The summed E-state index contributed by atoms with van der Waals surface area (Å²) in [5.74, 6) is 0.143. The SMILES string of the molecule is CC(=O)C(Br)Cc1cccc(Cl)c1C. The Labute approximate surface area is 97.6 Å². The van der Waals surface area contributed by atoms with Crippen LogP contribution in [0.3, 0.4) is 0 Å². The first-order chi connectivity index (χ1) is 6.52. The molecule has 1 nitrogen and oxygen atoms in total. The normalized spacial score (nSPS) is 12.6. The molecule has 0 heterocycles. The van der Waals surface area contributed by atoms with Gasteiger partial charge < -0.3 is 0 Å². The second-order valence-electron chi connectivity index (χ2n) is 3.31. The highest BCUT2D eigenvalue weighted by molar-refractivity contribution is 9.10. The van der Waals surface area contributed by atoms with Gasteiger partial charge in [-0.15, -0.1) is 0 Å². The molecule has 1 rings (SSSR count). The molecule has 0 saturated carbocycles. The molecular formula is C11H12BrClO. The zero-order valence-corrected chi connectivity index (χ0v) is 10.5. The summed E-state index contributed by atoms with van der Waals surface area (Å²) >= 11 is 9.32. The van der Waals surface area contributed by atoms with Crippen LogP contribution in [0.4, 0.5) is 0 Å². The van der Waals surface area contributed by atoms with E-state index < -0.39 is 0 Å². The fourth-order valence-electron chi connectivity index (χ4n) is 1.21. The molecule has 0 aliphatic rings. The zero-order chi connectivity index (χ0) is 10.7. The van der Waals surface area contributed by atoms with Crippen molar-refractivity contribution in [3.05, 3.63) is 34.3 Å². The molecule has 0 amide bonds. The van der Waals surface area contributed by atoms with Crippen LogP contribution < -0.4 is 0 Å². The van der Waals surface area contributed by atoms with Crippen molar-refractivity contribution in [2.24, 2.45) is 0 Å². The number of carbonyl (C=O) groups is 1. The van der Waals surface area contributed by atoms with E-state index in [0.29, 0.717) is 6.42 Å². The lowest BCUT2D eigenvalue weighted by molar-refractivity contribution is -0.116. The smallest absolute Gasteiger partial charge is 0.143 e. The Kier molecular flexibility index (Phi) is 4.14. The molecule has 0 radical (unpaired) electrons. The van der Waals surface area contributed by atoms with E-state index >= 15 is 0 Å². The molecule has 0 aliphatic heterocycles. The van der Waals surface area contributed by atoms with Crippen molar-refractivity contribution in [3.8, 4) is 0 Å². The molecule has 0 aromatic heterocycles. The molecule has 0 fully saturated rings. The van der Waals surface area contributed by atoms with Gasteiger partial charge in [0.1, 0.15) is 5.78 Å². The highest BCUT2D eigenvalue weighted by atomic mass is 79.9. The molecule has 3 heteroatoms. The molecule has 1 unspecified atom stereocenters. The van der Waals surface area contributed by atoms with Crippen molar-refractivity contribution in [2.45, 2.75) is 25.1 Å². The molecular weight excluding hydrogens is 263 g/mol. The molecule has 0 bridgehead atoms. The number of halogens is 2. The van der Waals surface area contributed by atoms with Crippen molar-refractivity contribution < 1.29 is 4.79 Å². The van der Waals surface area contributed by atoms with Gasteiger partial charge >= 0.3 is 0 Å². The minimum absolute atomic E-state index is 0.111. The quantitative estimate of drug-likeness (QED) is 0.771. The lowest BCUT2D eigenvalue weighted by Crippen LogP contribution is -2.13. The van der Waals surface area contributed by atoms with Crippen LogP contribution in [-0.2, 0) is 11.2 Å². The Bertz CT molecular complexity index is 349. The van der Waals surface area contributed by atoms with E-state index in [0.717, 1.165) is 16.1 Å². The van der Waals surface area contributed by atoms with Gasteiger partial charge in [0.15, 0.2) is 0 Å². The van der Waals surface area contributed by atoms with Gasteiger partial charge in [-0.3, -0.25) is 4.79 Å². The molecule has 0 aliphatic carbocycles. The zero-order valence-electron chi connectivity index (χ0n) is 8.18. The number of hydrogen-bond donors (Lipinski definition) is 0. The van der Waals surface area contributed by atoms with E-state index in [1.807, 2.05) is 25.1 Å². The van der Waals surface area contributed by atoms with Crippen LogP contribution in [0.15, 0.2) is 18.2 Å². The van der Waals surface area contributed by atoms with E-state index in [1.54, 1.807) is 6.92 Å². The third-order valence-corrected chi connectivity index (χ3v) is 3.60. The molecule has 14 heavy (non-hydrogen) atoms. The lowest BCUT2D eigenvalue weighted by atomic mass is 10.0. The highest BCUT2D eigenvalue weighted by Gasteiger charge is 2.12. The van der Waals surface area contributed by atoms with E-state index in [1.165, 1.54) is 0 Å². The van der Waals surface area contributed by atoms with Crippen LogP contribution in [0, 0.1) is 6.92 Å². The fraction of sp³-hybridized carbons (Fsp3) is 0.364. The van der Waals surface area contributed by atoms with Gasteiger partial charge in [-0.2, -0.15) is 0 Å². The maximum absolute atomic E-state index is 11.1. The molecule has 1 atom stereocenters. The van der Waals surface area contributed by atoms with E-state index in [9.17, 15) is 4.79 Å². The number of hydrogen-bond acceptors (Lipinski definition) is 1. The second-order valence-corrected chi connectivity index (χ2v) is 4.82. The number of ketones is 1. The maximum Gasteiger partial charge on any atom is 0.143 e. The predicted molar refractivity (Wildman–Crippen MR) is 63.3 cm³/mol. The predicted octanol–water partition coefficient (Wildman–Crippen LogP) is 3.54. The summed E-state index contributed by atoms with van der Waals surface area (Å²) in [5.41, 5.74) is 2.18. The first-order valence-corrected chi connectivity index (χ1v) is 5.70. The Morgan fingerprint density at radius 3 is 2.79 bits per heavy atom. The average molecular weight is 276 g/mol. The number of alkyl halides is 1. The van der Waals surface area contributed by atoms with Gasteiger partial charge in [-0.25, -0.2) is 0 Å². The summed E-state index contributed by atoms with van der Waals surface area (Å²) in [7, 11) is 0. The summed E-state index contributed by atoms with van der Waals surface area (Å²) in [4.78, 5) is 11.0. The minimum atomic E-state index is -0.111. The number of benzene rings is 1.